The number of unbranched alkanes of at least 4 members (excludes halogenated alkanes) is 15. The largest absolute Gasteiger partial charge is 0.472 e. The minimum atomic E-state index is -5.08. The van der Waals surface area contributed by atoms with Gasteiger partial charge in [0.2, 0.25) is 0 Å². The quantitative estimate of drug-likeness (QED) is 0.0407. The molecule has 6 unspecified atom stereocenters. The van der Waals surface area contributed by atoms with E-state index >= 15 is 0 Å². The highest BCUT2D eigenvalue weighted by molar-refractivity contribution is 7.47. The number of hydrogen-bond acceptors (Lipinski definition) is 12. The number of aliphatic hydroxyl groups excluding tert-OH is 5. The molecule has 1 saturated carbocycles. The third-order valence-electron chi connectivity index (χ3n) is 8.20. The minimum absolute atomic E-state index is 0.102. The Morgan fingerprint density at radius 3 is 1.48 bits per heavy atom. The summed E-state index contributed by atoms with van der Waals surface area (Å²) in [6, 6.07) is 0. The van der Waals surface area contributed by atoms with Gasteiger partial charge in [0, 0.05) is 12.8 Å². The maximum absolute atomic E-state index is 12.6. The zero-order valence-electron chi connectivity index (χ0n) is 27.9. The number of hydrogen-bond donors (Lipinski definition) is 6. The van der Waals surface area contributed by atoms with Crippen LogP contribution >= 0.6 is 7.82 Å². The normalized spacial score (nSPS) is 25.1. The fourth-order valence-corrected chi connectivity index (χ4v) is 6.26. The van der Waals surface area contributed by atoms with Crippen molar-refractivity contribution in [2.24, 2.45) is 0 Å². The van der Waals surface area contributed by atoms with E-state index in [1.807, 2.05) is 6.92 Å². The zero-order chi connectivity index (χ0) is 34.4. The summed E-state index contributed by atoms with van der Waals surface area (Å²) in [4.78, 5) is 34.8. The maximum atomic E-state index is 12.6. The molecule has 0 amide bonds. The van der Waals surface area contributed by atoms with E-state index in [1.165, 1.54) is 64.2 Å². The van der Waals surface area contributed by atoms with Crippen LogP contribution in [0.25, 0.3) is 0 Å². The van der Waals surface area contributed by atoms with Crippen LogP contribution in [0.4, 0.5) is 0 Å². The van der Waals surface area contributed by atoms with Crippen LogP contribution in [0, 0.1) is 0 Å². The predicted molar refractivity (Wildman–Crippen MR) is 171 cm³/mol. The van der Waals surface area contributed by atoms with Crippen LogP contribution in [0.2, 0.25) is 0 Å². The summed E-state index contributed by atoms with van der Waals surface area (Å²) >= 11 is 0. The fraction of sp³-hybridized carbons (Fsp3) is 0.938. The van der Waals surface area contributed by atoms with Gasteiger partial charge in [-0.05, 0) is 12.8 Å². The van der Waals surface area contributed by atoms with Crippen LogP contribution in [0.1, 0.15) is 136 Å². The number of phosphoric acid groups is 1. The summed E-state index contributed by atoms with van der Waals surface area (Å²) < 4.78 is 32.9. The van der Waals surface area contributed by atoms with Gasteiger partial charge in [-0.2, -0.15) is 0 Å². The number of esters is 2. The van der Waals surface area contributed by atoms with Crippen LogP contribution in [-0.2, 0) is 32.7 Å². The summed E-state index contributed by atoms with van der Waals surface area (Å²) in [5.41, 5.74) is 0. The number of aliphatic hydroxyl groups is 5. The van der Waals surface area contributed by atoms with Gasteiger partial charge in [-0.25, -0.2) is 4.57 Å². The van der Waals surface area contributed by atoms with Crippen molar-refractivity contribution >= 4 is 19.8 Å². The van der Waals surface area contributed by atoms with E-state index in [2.05, 4.69) is 6.92 Å². The molecule has 0 bridgehead atoms. The molecule has 0 aromatic carbocycles. The lowest BCUT2D eigenvalue weighted by atomic mass is 9.85. The molecule has 46 heavy (non-hydrogen) atoms. The monoisotopic (exact) mass is 684 g/mol. The van der Waals surface area contributed by atoms with Crippen molar-refractivity contribution in [2.75, 3.05) is 13.2 Å². The van der Waals surface area contributed by atoms with Crippen LogP contribution < -0.4 is 0 Å². The molecule has 0 heterocycles. The van der Waals surface area contributed by atoms with Gasteiger partial charge in [0.15, 0.2) is 6.10 Å². The first kappa shape index (κ1) is 42.9. The number of phosphoric ester groups is 1. The first-order valence-corrected chi connectivity index (χ1v) is 18.8. The Balaban J connectivity index is 2.48. The average Bonchev–Trinajstić information content (AvgIpc) is 3.02. The highest BCUT2D eigenvalue weighted by Gasteiger charge is 2.51. The standard InChI is InChI=1S/C32H61O13P/c1-3-5-7-8-9-10-11-12-13-14-15-16-17-19-21-26(34)44-24(22-42-25(33)20-18-6-4-2)23-43-46(40,41)45-32-30(38)28(36)27(35)29(37)31(32)39/h24,27-32,35-39H,3-23H2,1-2H3,(H,40,41). The smallest absolute Gasteiger partial charge is 0.462 e. The lowest BCUT2D eigenvalue weighted by molar-refractivity contribution is -0.220. The highest BCUT2D eigenvalue weighted by Crippen LogP contribution is 2.47. The van der Waals surface area contributed by atoms with Crippen molar-refractivity contribution in [1.29, 1.82) is 0 Å². The summed E-state index contributed by atoms with van der Waals surface area (Å²) in [7, 11) is -5.08. The van der Waals surface area contributed by atoms with Gasteiger partial charge in [-0.1, -0.05) is 110 Å². The van der Waals surface area contributed by atoms with Gasteiger partial charge < -0.3 is 39.9 Å². The second-order valence-corrected chi connectivity index (χ2v) is 13.8. The van der Waals surface area contributed by atoms with Crippen molar-refractivity contribution in [3.8, 4) is 0 Å². The van der Waals surface area contributed by atoms with Crippen LogP contribution in [0.3, 0.4) is 0 Å². The van der Waals surface area contributed by atoms with Gasteiger partial charge in [-0.15, -0.1) is 0 Å². The molecule has 0 aliphatic heterocycles. The Kier molecular flexibility index (Phi) is 23.2. The molecule has 0 aromatic heterocycles. The average molecular weight is 685 g/mol. The highest BCUT2D eigenvalue weighted by atomic mass is 31.2. The Labute approximate surface area is 274 Å². The molecule has 6 atom stereocenters. The first-order valence-electron chi connectivity index (χ1n) is 17.3. The van der Waals surface area contributed by atoms with Gasteiger partial charge in [0.05, 0.1) is 6.61 Å². The Morgan fingerprint density at radius 1 is 0.587 bits per heavy atom. The van der Waals surface area contributed by atoms with Crippen molar-refractivity contribution < 1.29 is 63.1 Å². The van der Waals surface area contributed by atoms with Crippen molar-refractivity contribution in [2.45, 2.75) is 179 Å². The van der Waals surface area contributed by atoms with Gasteiger partial charge in [-0.3, -0.25) is 18.6 Å². The molecule has 6 N–H and O–H groups in total. The minimum Gasteiger partial charge on any atom is -0.462 e. The van der Waals surface area contributed by atoms with Crippen LogP contribution in [0.5, 0.6) is 0 Å². The molecule has 1 aliphatic carbocycles. The Bertz CT molecular complexity index is 844. The van der Waals surface area contributed by atoms with Crippen LogP contribution in [0.15, 0.2) is 0 Å². The topological polar surface area (TPSA) is 210 Å². The number of ether oxygens (including phenoxy) is 2. The first-order chi connectivity index (χ1) is 21.9. The van der Waals surface area contributed by atoms with Gasteiger partial charge in [0.1, 0.15) is 43.2 Å². The van der Waals surface area contributed by atoms with E-state index in [-0.39, 0.29) is 12.8 Å². The molecule has 0 saturated heterocycles. The molecule has 1 aliphatic rings. The Hall–Kier alpha value is -1.15. The molecule has 1 rings (SSSR count). The number of rotatable bonds is 27. The lowest BCUT2D eigenvalue weighted by Gasteiger charge is -2.41. The molecular formula is C32H61O13P. The molecule has 0 radical (unpaired) electrons. The van der Waals surface area contributed by atoms with E-state index in [4.69, 9.17) is 18.5 Å². The maximum Gasteiger partial charge on any atom is 0.472 e. The van der Waals surface area contributed by atoms with E-state index in [9.17, 15) is 44.6 Å². The van der Waals surface area contributed by atoms with Crippen LogP contribution in [-0.4, -0.2) is 98.3 Å². The van der Waals surface area contributed by atoms with E-state index in [1.54, 1.807) is 0 Å². The van der Waals surface area contributed by atoms with Crippen molar-refractivity contribution in [1.82, 2.24) is 0 Å². The summed E-state index contributed by atoms with van der Waals surface area (Å²) in [6.45, 7) is 3.05. The van der Waals surface area contributed by atoms with E-state index in [0.717, 1.165) is 32.1 Å². The molecular weight excluding hydrogens is 623 g/mol. The lowest BCUT2D eigenvalue weighted by Crippen LogP contribution is -2.64. The van der Waals surface area contributed by atoms with Crippen molar-refractivity contribution in [3.63, 3.8) is 0 Å². The second-order valence-electron chi connectivity index (χ2n) is 12.4. The summed E-state index contributed by atoms with van der Waals surface area (Å²) in [5, 5.41) is 49.6. The molecule has 1 fully saturated rings. The van der Waals surface area contributed by atoms with E-state index < -0.39 is 75.7 Å². The van der Waals surface area contributed by atoms with Gasteiger partial charge in [0.25, 0.3) is 0 Å². The molecule has 272 valence electrons. The van der Waals surface area contributed by atoms with Gasteiger partial charge >= 0.3 is 19.8 Å². The fourth-order valence-electron chi connectivity index (χ4n) is 5.29. The second kappa shape index (κ2) is 24.9. The van der Waals surface area contributed by atoms with Crippen molar-refractivity contribution in [3.05, 3.63) is 0 Å². The molecule has 14 heteroatoms. The molecule has 0 aromatic rings. The number of carbonyl (C=O) groups excluding carboxylic acids is 2. The predicted octanol–water partition coefficient (Wildman–Crippen LogP) is 4.21. The molecule has 13 nitrogen and oxygen atoms in total. The number of carbonyl (C=O) groups is 2. The summed E-state index contributed by atoms with van der Waals surface area (Å²) in [6.07, 6.45) is 5.84. The third kappa shape index (κ3) is 18.4. The Morgan fingerprint density at radius 2 is 0.978 bits per heavy atom. The van der Waals surface area contributed by atoms with E-state index in [0.29, 0.717) is 12.8 Å². The zero-order valence-corrected chi connectivity index (χ0v) is 28.8. The SMILES string of the molecule is CCCCCCCCCCCCCCCCC(=O)OC(COC(=O)CCCCC)COP(=O)(O)OC1C(O)C(O)C(O)C(O)C1O. The third-order valence-corrected chi connectivity index (χ3v) is 9.18. The summed E-state index contributed by atoms with van der Waals surface area (Å²) in [5.74, 6) is -1.12. The molecule has 0 spiro atoms.